The average Bonchev–Trinajstić information content (AvgIpc) is 2.54. The van der Waals surface area contributed by atoms with Crippen molar-refractivity contribution in [2.75, 3.05) is 19.6 Å². The van der Waals surface area contributed by atoms with Crippen molar-refractivity contribution in [3.05, 3.63) is 29.8 Å². The van der Waals surface area contributed by atoms with Crippen molar-refractivity contribution in [2.45, 2.75) is 45.3 Å². The van der Waals surface area contributed by atoms with E-state index in [0.717, 1.165) is 37.2 Å². The fourth-order valence-corrected chi connectivity index (χ4v) is 2.79. The van der Waals surface area contributed by atoms with E-state index in [1.54, 1.807) is 0 Å². The molecule has 0 saturated carbocycles. The zero-order valence-corrected chi connectivity index (χ0v) is 14.0. The molecule has 0 radical (unpaired) electrons. The Balaban J connectivity index is 1.75. The molecule has 1 aliphatic heterocycles. The zero-order chi connectivity index (χ0) is 16.7. The van der Waals surface area contributed by atoms with Gasteiger partial charge in [0.25, 0.3) is 0 Å². The molecule has 1 atom stereocenters. The normalized spacial score (nSPS) is 17.0. The summed E-state index contributed by atoms with van der Waals surface area (Å²) in [6.45, 7) is 6.17. The predicted octanol–water partition coefficient (Wildman–Crippen LogP) is 2.01. The Labute approximate surface area is 138 Å². The van der Waals surface area contributed by atoms with Crippen molar-refractivity contribution in [1.82, 2.24) is 10.6 Å². The number of nitrogens with one attached hydrogen (secondary N) is 2. The van der Waals surface area contributed by atoms with Crippen molar-refractivity contribution in [1.29, 1.82) is 0 Å². The van der Waals surface area contributed by atoms with Gasteiger partial charge in [-0.05, 0) is 63.4 Å². The minimum absolute atomic E-state index is 0.0238. The van der Waals surface area contributed by atoms with Gasteiger partial charge in [-0.2, -0.15) is 0 Å². The maximum absolute atomic E-state index is 12.0. The number of benzene rings is 1. The number of ether oxygens (including phenoxy) is 1. The first-order valence-electron chi connectivity index (χ1n) is 8.46. The largest absolute Gasteiger partial charge is 0.491 e. The summed E-state index contributed by atoms with van der Waals surface area (Å²) < 4.78 is 5.58. The summed E-state index contributed by atoms with van der Waals surface area (Å²) in [5.74, 6) is 1.27. The molecule has 1 fully saturated rings. The van der Waals surface area contributed by atoms with Gasteiger partial charge in [-0.25, -0.2) is 0 Å². The smallest absolute Gasteiger partial charge is 0.220 e. The molecule has 1 aromatic rings. The molecule has 0 aromatic heterocycles. The SMILES string of the molecule is CC(C)Oc1ccc(C(O)CNC(=O)CC2CCNCC2)cc1. The molecular formula is C18H28N2O3. The van der Waals surface area contributed by atoms with E-state index >= 15 is 0 Å². The van der Waals surface area contributed by atoms with E-state index in [1.807, 2.05) is 38.1 Å². The Hall–Kier alpha value is -1.59. The Morgan fingerprint density at radius 3 is 2.57 bits per heavy atom. The number of rotatable bonds is 7. The van der Waals surface area contributed by atoms with Crippen molar-refractivity contribution in [3.63, 3.8) is 0 Å². The van der Waals surface area contributed by atoms with Crippen LogP contribution in [0.25, 0.3) is 0 Å². The lowest BCUT2D eigenvalue weighted by Gasteiger charge is -2.22. The van der Waals surface area contributed by atoms with Gasteiger partial charge in [0.05, 0.1) is 12.2 Å². The highest BCUT2D eigenvalue weighted by Gasteiger charge is 2.17. The molecule has 23 heavy (non-hydrogen) atoms. The Morgan fingerprint density at radius 2 is 1.96 bits per heavy atom. The molecule has 1 heterocycles. The first-order chi connectivity index (χ1) is 11.0. The number of carbonyl (C=O) groups excluding carboxylic acids is 1. The lowest BCUT2D eigenvalue weighted by molar-refractivity contribution is -0.122. The lowest BCUT2D eigenvalue weighted by atomic mass is 9.94. The molecule has 3 N–H and O–H groups in total. The van der Waals surface area contributed by atoms with E-state index in [2.05, 4.69) is 10.6 Å². The molecule has 1 aliphatic rings. The Morgan fingerprint density at radius 1 is 1.30 bits per heavy atom. The summed E-state index contributed by atoms with van der Waals surface area (Å²) in [5.41, 5.74) is 0.781. The number of hydrogen-bond donors (Lipinski definition) is 3. The standard InChI is InChI=1S/C18H28N2O3/c1-13(2)23-16-5-3-15(4-6-16)17(21)12-20-18(22)11-14-7-9-19-10-8-14/h3-6,13-14,17,19,21H,7-12H2,1-2H3,(H,20,22). The quantitative estimate of drug-likeness (QED) is 0.719. The van der Waals surface area contributed by atoms with Crippen molar-refractivity contribution in [3.8, 4) is 5.75 Å². The lowest BCUT2D eigenvalue weighted by Crippen LogP contribution is -2.33. The van der Waals surface area contributed by atoms with Crippen LogP contribution in [0.4, 0.5) is 0 Å². The Bertz CT molecular complexity index is 482. The molecule has 0 aliphatic carbocycles. The molecule has 1 saturated heterocycles. The predicted molar refractivity (Wildman–Crippen MR) is 90.4 cm³/mol. The van der Waals surface area contributed by atoms with Crippen molar-refractivity contribution >= 4 is 5.91 Å². The molecular weight excluding hydrogens is 292 g/mol. The van der Waals surface area contributed by atoms with E-state index in [1.165, 1.54) is 0 Å². The summed E-state index contributed by atoms with van der Waals surface area (Å²) in [7, 11) is 0. The summed E-state index contributed by atoms with van der Waals surface area (Å²) >= 11 is 0. The number of aliphatic hydroxyl groups excluding tert-OH is 1. The summed E-state index contributed by atoms with van der Waals surface area (Å²) in [6.07, 6.45) is 2.08. The van der Waals surface area contributed by atoms with Gasteiger partial charge in [0, 0.05) is 13.0 Å². The van der Waals surface area contributed by atoms with E-state index in [0.29, 0.717) is 12.3 Å². The number of aliphatic hydroxyl groups is 1. The highest BCUT2D eigenvalue weighted by Crippen LogP contribution is 2.19. The van der Waals surface area contributed by atoms with Crippen LogP contribution in [-0.2, 0) is 4.79 Å². The van der Waals surface area contributed by atoms with Crippen LogP contribution in [0.2, 0.25) is 0 Å². The Kier molecular flexibility index (Phi) is 6.86. The van der Waals surface area contributed by atoms with Gasteiger partial charge in [-0.3, -0.25) is 4.79 Å². The van der Waals surface area contributed by atoms with Crippen LogP contribution >= 0.6 is 0 Å². The van der Waals surface area contributed by atoms with Gasteiger partial charge in [0.15, 0.2) is 0 Å². The first-order valence-corrected chi connectivity index (χ1v) is 8.46. The van der Waals surface area contributed by atoms with E-state index in [4.69, 9.17) is 4.74 Å². The maximum Gasteiger partial charge on any atom is 0.220 e. The molecule has 128 valence electrons. The molecule has 2 rings (SSSR count). The molecule has 1 unspecified atom stereocenters. The highest BCUT2D eigenvalue weighted by molar-refractivity contribution is 5.76. The van der Waals surface area contributed by atoms with Crippen LogP contribution < -0.4 is 15.4 Å². The number of amides is 1. The van der Waals surface area contributed by atoms with Crippen LogP contribution in [-0.4, -0.2) is 36.8 Å². The molecule has 0 spiro atoms. The van der Waals surface area contributed by atoms with Crippen LogP contribution in [0, 0.1) is 5.92 Å². The van der Waals surface area contributed by atoms with Crippen LogP contribution in [0.1, 0.15) is 44.8 Å². The number of piperidine rings is 1. The minimum atomic E-state index is -0.694. The third-order valence-corrected chi connectivity index (χ3v) is 4.06. The van der Waals surface area contributed by atoms with Gasteiger partial charge in [0.2, 0.25) is 5.91 Å². The van der Waals surface area contributed by atoms with E-state index in [9.17, 15) is 9.90 Å². The fraction of sp³-hybridized carbons (Fsp3) is 0.611. The maximum atomic E-state index is 12.0. The molecule has 0 bridgehead atoms. The fourth-order valence-electron chi connectivity index (χ4n) is 2.79. The van der Waals surface area contributed by atoms with Crippen LogP contribution in [0.3, 0.4) is 0 Å². The van der Waals surface area contributed by atoms with Gasteiger partial charge >= 0.3 is 0 Å². The van der Waals surface area contributed by atoms with Gasteiger partial charge in [-0.1, -0.05) is 12.1 Å². The number of carbonyl (C=O) groups is 1. The van der Waals surface area contributed by atoms with E-state index in [-0.39, 0.29) is 18.6 Å². The molecule has 1 aromatic carbocycles. The second-order valence-electron chi connectivity index (χ2n) is 6.45. The molecule has 1 amide bonds. The first kappa shape index (κ1) is 17.8. The van der Waals surface area contributed by atoms with Crippen molar-refractivity contribution in [2.24, 2.45) is 5.92 Å². The third-order valence-electron chi connectivity index (χ3n) is 4.06. The molecule has 5 heteroatoms. The van der Waals surface area contributed by atoms with Crippen LogP contribution in [0.15, 0.2) is 24.3 Å². The van der Waals surface area contributed by atoms with Gasteiger partial charge in [0.1, 0.15) is 5.75 Å². The monoisotopic (exact) mass is 320 g/mol. The second kappa shape index (κ2) is 8.89. The highest BCUT2D eigenvalue weighted by atomic mass is 16.5. The zero-order valence-electron chi connectivity index (χ0n) is 14.0. The van der Waals surface area contributed by atoms with Crippen LogP contribution in [0.5, 0.6) is 5.75 Å². The summed E-state index contributed by atoms with van der Waals surface area (Å²) in [5, 5.41) is 16.3. The summed E-state index contributed by atoms with van der Waals surface area (Å²) in [4.78, 5) is 12.0. The van der Waals surface area contributed by atoms with Gasteiger partial charge < -0.3 is 20.5 Å². The summed E-state index contributed by atoms with van der Waals surface area (Å²) in [6, 6.07) is 7.35. The topological polar surface area (TPSA) is 70.6 Å². The average molecular weight is 320 g/mol. The third kappa shape index (κ3) is 6.20. The second-order valence-corrected chi connectivity index (χ2v) is 6.45. The van der Waals surface area contributed by atoms with Crippen molar-refractivity contribution < 1.29 is 14.6 Å². The van der Waals surface area contributed by atoms with Gasteiger partial charge in [-0.15, -0.1) is 0 Å². The number of hydrogen-bond acceptors (Lipinski definition) is 4. The van der Waals surface area contributed by atoms with E-state index < -0.39 is 6.10 Å². The molecule has 5 nitrogen and oxygen atoms in total. The minimum Gasteiger partial charge on any atom is -0.491 e.